The molecule has 19 heavy (non-hydrogen) atoms. The Bertz CT molecular complexity index is 562. The van der Waals surface area contributed by atoms with Crippen LogP contribution in [0.4, 0.5) is 5.82 Å². The van der Waals surface area contributed by atoms with E-state index < -0.39 is 0 Å². The number of hydrogen-bond donors (Lipinski definition) is 1. The van der Waals surface area contributed by atoms with Crippen LogP contribution in [0.25, 0.3) is 11.0 Å². The summed E-state index contributed by atoms with van der Waals surface area (Å²) in [7, 11) is 1.91. The van der Waals surface area contributed by atoms with Gasteiger partial charge in [0.15, 0.2) is 5.65 Å². The summed E-state index contributed by atoms with van der Waals surface area (Å²) in [6, 6.07) is 0. The maximum absolute atomic E-state index is 4.35. The molecule has 0 amide bonds. The van der Waals surface area contributed by atoms with Crippen molar-refractivity contribution in [1.82, 2.24) is 19.7 Å². The van der Waals surface area contributed by atoms with Crippen LogP contribution in [0.1, 0.15) is 32.6 Å². The summed E-state index contributed by atoms with van der Waals surface area (Å²) in [6.07, 6.45) is 8.88. The number of aryl methyl sites for hydroxylation is 1. The van der Waals surface area contributed by atoms with Crippen molar-refractivity contribution in [2.75, 3.05) is 11.9 Å². The van der Waals surface area contributed by atoms with Crippen LogP contribution in [-0.2, 0) is 7.05 Å². The molecule has 2 aromatic heterocycles. The summed E-state index contributed by atoms with van der Waals surface area (Å²) in [5, 5.41) is 8.74. The second kappa shape index (κ2) is 5.15. The van der Waals surface area contributed by atoms with Gasteiger partial charge in [-0.05, 0) is 18.3 Å². The minimum atomic E-state index is 0.760. The Kier molecular flexibility index (Phi) is 3.36. The molecule has 2 unspecified atom stereocenters. The lowest BCUT2D eigenvalue weighted by Gasteiger charge is -2.28. The average molecular weight is 259 g/mol. The SMILES string of the molecule is CC1CCCCC1CNc1ncnc2c1cnn2C. The molecule has 5 heteroatoms. The summed E-state index contributed by atoms with van der Waals surface area (Å²) >= 11 is 0. The zero-order valence-electron chi connectivity index (χ0n) is 11.6. The minimum Gasteiger partial charge on any atom is -0.369 e. The predicted octanol–water partition coefficient (Wildman–Crippen LogP) is 2.60. The Balaban J connectivity index is 1.74. The topological polar surface area (TPSA) is 55.6 Å². The Morgan fingerprint density at radius 3 is 3.00 bits per heavy atom. The van der Waals surface area contributed by atoms with Crippen LogP contribution in [0.5, 0.6) is 0 Å². The highest BCUT2D eigenvalue weighted by molar-refractivity contribution is 5.85. The Hall–Kier alpha value is -1.65. The van der Waals surface area contributed by atoms with Crippen LogP contribution < -0.4 is 5.32 Å². The van der Waals surface area contributed by atoms with Crippen LogP contribution >= 0.6 is 0 Å². The van der Waals surface area contributed by atoms with Crippen molar-refractivity contribution in [3.8, 4) is 0 Å². The Morgan fingerprint density at radius 1 is 1.32 bits per heavy atom. The van der Waals surface area contributed by atoms with Crippen molar-refractivity contribution in [2.45, 2.75) is 32.6 Å². The smallest absolute Gasteiger partial charge is 0.163 e. The van der Waals surface area contributed by atoms with Gasteiger partial charge in [-0.15, -0.1) is 0 Å². The quantitative estimate of drug-likeness (QED) is 0.920. The predicted molar refractivity (Wildman–Crippen MR) is 75.9 cm³/mol. The maximum Gasteiger partial charge on any atom is 0.163 e. The van der Waals surface area contributed by atoms with Gasteiger partial charge in [-0.25, -0.2) is 9.97 Å². The first-order valence-electron chi connectivity index (χ1n) is 7.12. The third kappa shape index (κ3) is 2.41. The van der Waals surface area contributed by atoms with Gasteiger partial charge < -0.3 is 5.32 Å². The van der Waals surface area contributed by atoms with Crippen molar-refractivity contribution in [1.29, 1.82) is 0 Å². The number of anilines is 1. The maximum atomic E-state index is 4.35. The zero-order chi connectivity index (χ0) is 13.2. The molecule has 1 saturated carbocycles. The minimum absolute atomic E-state index is 0.760. The molecule has 3 rings (SSSR count). The second-order valence-corrected chi connectivity index (χ2v) is 5.63. The lowest BCUT2D eigenvalue weighted by Crippen LogP contribution is -2.24. The standard InChI is InChI=1S/C14H21N5/c1-10-5-3-4-6-11(10)7-15-13-12-8-18-19(2)14(12)17-9-16-13/h8-11H,3-7H2,1-2H3,(H,15,16,17). The summed E-state index contributed by atoms with van der Waals surface area (Å²) in [6.45, 7) is 3.37. The fourth-order valence-corrected chi connectivity index (χ4v) is 3.03. The molecule has 102 valence electrons. The van der Waals surface area contributed by atoms with Crippen molar-refractivity contribution >= 4 is 16.9 Å². The van der Waals surface area contributed by atoms with E-state index >= 15 is 0 Å². The van der Waals surface area contributed by atoms with Gasteiger partial charge in [0.25, 0.3) is 0 Å². The van der Waals surface area contributed by atoms with Gasteiger partial charge in [-0.1, -0.05) is 26.2 Å². The van der Waals surface area contributed by atoms with Crippen molar-refractivity contribution < 1.29 is 0 Å². The summed E-state index contributed by atoms with van der Waals surface area (Å²) in [5.41, 5.74) is 0.884. The number of rotatable bonds is 3. The molecule has 0 aliphatic heterocycles. The van der Waals surface area contributed by atoms with Crippen molar-refractivity contribution in [3.05, 3.63) is 12.5 Å². The fourth-order valence-electron chi connectivity index (χ4n) is 3.03. The van der Waals surface area contributed by atoms with Gasteiger partial charge in [0.2, 0.25) is 0 Å². The first-order valence-corrected chi connectivity index (χ1v) is 7.12. The van der Waals surface area contributed by atoms with Crippen LogP contribution in [0.15, 0.2) is 12.5 Å². The van der Waals surface area contributed by atoms with Crippen molar-refractivity contribution in [2.24, 2.45) is 18.9 Å². The molecule has 2 atom stereocenters. The summed E-state index contributed by atoms with van der Waals surface area (Å²) in [5.74, 6) is 2.48. The van der Waals surface area contributed by atoms with Crippen LogP contribution in [-0.4, -0.2) is 26.3 Å². The lowest BCUT2D eigenvalue weighted by atomic mass is 9.80. The molecule has 2 heterocycles. The zero-order valence-corrected chi connectivity index (χ0v) is 11.6. The Morgan fingerprint density at radius 2 is 2.16 bits per heavy atom. The summed E-state index contributed by atoms with van der Waals surface area (Å²) < 4.78 is 1.78. The number of fused-ring (bicyclic) bond motifs is 1. The second-order valence-electron chi connectivity index (χ2n) is 5.63. The van der Waals surface area contributed by atoms with Gasteiger partial charge in [-0.2, -0.15) is 5.10 Å². The number of nitrogens with one attached hydrogen (secondary N) is 1. The normalized spacial score (nSPS) is 23.7. The largest absolute Gasteiger partial charge is 0.369 e. The summed E-state index contributed by atoms with van der Waals surface area (Å²) in [4.78, 5) is 8.61. The van der Waals surface area contributed by atoms with Gasteiger partial charge in [0.1, 0.15) is 12.1 Å². The van der Waals surface area contributed by atoms with E-state index in [1.807, 2.05) is 13.2 Å². The van der Waals surface area contributed by atoms with Crippen LogP contribution in [0.3, 0.4) is 0 Å². The van der Waals surface area contributed by atoms with Gasteiger partial charge in [-0.3, -0.25) is 4.68 Å². The molecule has 2 aromatic rings. The van der Waals surface area contributed by atoms with E-state index in [2.05, 4.69) is 27.3 Å². The lowest BCUT2D eigenvalue weighted by molar-refractivity contribution is 0.268. The van der Waals surface area contributed by atoms with E-state index in [1.54, 1.807) is 11.0 Å². The molecule has 0 radical (unpaired) electrons. The van der Waals surface area contributed by atoms with E-state index in [0.29, 0.717) is 0 Å². The molecule has 0 aromatic carbocycles. The van der Waals surface area contributed by atoms with E-state index in [0.717, 1.165) is 35.2 Å². The van der Waals surface area contributed by atoms with E-state index in [1.165, 1.54) is 25.7 Å². The van der Waals surface area contributed by atoms with E-state index in [9.17, 15) is 0 Å². The number of aromatic nitrogens is 4. The van der Waals surface area contributed by atoms with Crippen LogP contribution in [0.2, 0.25) is 0 Å². The third-order valence-electron chi connectivity index (χ3n) is 4.35. The molecular formula is C14H21N5. The molecule has 1 aliphatic rings. The van der Waals surface area contributed by atoms with E-state index in [-0.39, 0.29) is 0 Å². The fraction of sp³-hybridized carbons (Fsp3) is 0.643. The van der Waals surface area contributed by atoms with Crippen LogP contribution in [0, 0.1) is 11.8 Å². The van der Waals surface area contributed by atoms with Crippen molar-refractivity contribution in [3.63, 3.8) is 0 Å². The molecule has 5 nitrogen and oxygen atoms in total. The number of hydrogen-bond acceptors (Lipinski definition) is 4. The molecular weight excluding hydrogens is 238 g/mol. The molecule has 0 bridgehead atoms. The third-order valence-corrected chi connectivity index (χ3v) is 4.35. The monoisotopic (exact) mass is 259 g/mol. The Labute approximate surface area is 113 Å². The highest BCUT2D eigenvalue weighted by atomic mass is 15.3. The van der Waals surface area contributed by atoms with E-state index in [4.69, 9.17) is 0 Å². The van der Waals surface area contributed by atoms with Gasteiger partial charge in [0.05, 0.1) is 11.6 Å². The highest BCUT2D eigenvalue weighted by Crippen LogP contribution is 2.30. The van der Waals surface area contributed by atoms with Gasteiger partial charge in [0, 0.05) is 13.6 Å². The molecule has 1 N–H and O–H groups in total. The molecule has 1 aliphatic carbocycles. The average Bonchev–Trinajstić information content (AvgIpc) is 2.81. The molecule has 0 spiro atoms. The van der Waals surface area contributed by atoms with Gasteiger partial charge >= 0.3 is 0 Å². The first kappa shape index (κ1) is 12.4. The number of nitrogens with zero attached hydrogens (tertiary/aromatic N) is 4. The molecule has 0 saturated heterocycles. The highest BCUT2D eigenvalue weighted by Gasteiger charge is 2.21. The molecule has 1 fully saturated rings. The first-order chi connectivity index (χ1) is 9.25.